The molecule has 0 unspecified atom stereocenters. The number of halogens is 1. The van der Waals surface area contributed by atoms with Crippen molar-refractivity contribution in [3.05, 3.63) is 71.0 Å². The first-order valence-corrected chi connectivity index (χ1v) is 8.83. The van der Waals surface area contributed by atoms with Crippen LogP contribution >= 0.6 is 0 Å². The molecule has 3 N–H and O–H groups in total. The molecule has 0 aliphatic carbocycles. The van der Waals surface area contributed by atoms with E-state index in [4.69, 9.17) is 5.26 Å². The Morgan fingerprint density at radius 2 is 1.69 bits per heavy atom. The van der Waals surface area contributed by atoms with Crippen molar-refractivity contribution in [2.24, 2.45) is 0 Å². The summed E-state index contributed by atoms with van der Waals surface area (Å²) in [5.41, 5.74) is 1.40. The number of hydrogen-bond donors (Lipinski definition) is 3. The molecule has 0 saturated carbocycles. The van der Waals surface area contributed by atoms with Gasteiger partial charge in [0.1, 0.15) is 17.9 Å². The first kappa shape index (κ1) is 21.6. The van der Waals surface area contributed by atoms with Crippen LogP contribution in [0.25, 0.3) is 0 Å². The van der Waals surface area contributed by atoms with Crippen LogP contribution < -0.4 is 10.6 Å². The molecule has 8 heteroatoms. The van der Waals surface area contributed by atoms with Crippen molar-refractivity contribution in [3.63, 3.8) is 0 Å². The number of carbonyl (C=O) groups is 3. The van der Waals surface area contributed by atoms with Gasteiger partial charge in [-0.05, 0) is 29.3 Å². The van der Waals surface area contributed by atoms with E-state index >= 15 is 0 Å². The lowest BCUT2D eigenvalue weighted by molar-refractivity contribution is -0.142. The summed E-state index contributed by atoms with van der Waals surface area (Å²) in [5.74, 6) is -2.86. The van der Waals surface area contributed by atoms with Crippen LogP contribution in [0.5, 0.6) is 0 Å². The second kappa shape index (κ2) is 9.99. The predicted octanol–water partition coefficient (Wildman–Crippen LogP) is 1.56. The zero-order chi connectivity index (χ0) is 21.4. The lowest BCUT2D eigenvalue weighted by Crippen LogP contribution is -2.52. The summed E-state index contributed by atoms with van der Waals surface area (Å²) in [4.78, 5) is 35.8. The van der Waals surface area contributed by atoms with Gasteiger partial charge in [0.25, 0.3) is 0 Å². The fourth-order valence-electron chi connectivity index (χ4n) is 2.81. The van der Waals surface area contributed by atoms with E-state index < -0.39 is 35.7 Å². The molecule has 7 nitrogen and oxygen atoms in total. The summed E-state index contributed by atoms with van der Waals surface area (Å²) in [6.45, 7) is 1.24. The monoisotopic (exact) mass is 397 g/mol. The minimum atomic E-state index is -1.29. The fraction of sp³-hybridized carbons (Fsp3) is 0.238. The van der Waals surface area contributed by atoms with Gasteiger partial charge in [-0.1, -0.05) is 30.3 Å². The Morgan fingerprint density at radius 3 is 2.28 bits per heavy atom. The molecule has 29 heavy (non-hydrogen) atoms. The SMILES string of the molecule is CC(=O)N[C@H](Cc1ccc(F)cc1)C(=O)N[C@@H](Cc1ccccc1C#N)C(=O)O. The second-order valence-corrected chi connectivity index (χ2v) is 6.46. The number of rotatable bonds is 8. The maximum Gasteiger partial charge on any atom is 0.326 e. The summed E-state index contributed by atoms with van der Waals surface area (Å²) in [5, 5.41) is 23.6. The molecular formula is C21H20FN3O4. The molecule has 150 valence electrons. The lowest BCUT2D eigenvalue weighted by Gasteiger charge is -2.21. The predicted molar refractivity (Wildman–Crippen MR) is 102 cm³/mol. The van der Waals surface area contributed by atoms with Crippen LogP contribution in [0.3, 0.4) is 0 Å². The Kier molecular flexibility index (Phi) is 7.43. The van der Waals surface area contributed by atoms with Gasteiger partial charge in [0.2, 0.25) is 11.8 Å². The summed E-state index contributed by atoms with van der Waals surface area (Å²) in [6.07, 6.45) is -0.0268. The van der Waals surface area contributed by atoms with Gasteiger partial charge in [0.15, 0.2) is 0 Å². The first-order valence-electron chi connectivity index (χ1n) is 8.83. The number of nitrogens with one attached hydrogen (secondary N) is 2. The summed E-state index contributed by atoms with van der Waals surface area (Å²) < 4.78 is 13.1. The number of carboxylic acid groups (broad SMARTS) is 1. The molecule has 2 aromatic rings. The zero-order valence-electron chi connectivity index (χ0n) is 15.7. The number of benzene rings is 2. The number of amides is 2. The molecule has 2 amide bonds. The molecule has 0 heterocycles. The third-order valence-corrected chi connectivity index (χ3v) is 4.22. The van der Waals surface area contributed by atoms with Gasteiger partial charge in [-0.2, -0.15) is 5.26 Å². The minimum Gasteiger partial charge on any atom is -0.480 e. The van der Waals surface area contributed by atoms with Gasteiger partial charge in [-0.15, -0.1) is 0 Å². The van der Waals surface area contributed by atoms with E-state index in [1.54, 1.807) is 24.3 Å². The Morgan fingerprint density at radius 1 is 1.03 bits per heavy atom. The average molecular weight is 397 g/mol. The summed E-state index contributed by atoms with van der Waals surface area (Å²) in [7, 11) is 0. The van der Waals surface area contributed by atoms with Crippen molar-refractivity contribution in [2.75, 3.05) is 0 Å². The highest BCUT2D eigenvalue weighted by molar-refractivity contribution is 5.90. The van der Waals surface area contributed by atoms with E-state index in [1.807, 2.05) is 6.07 Å². The molecule has 0 radical (unpaired) electrons. The third kappa shape index (κ3) is 6.43. The van der Waals surface area contributed by atoms with Gasteiger partial charge < -0.3 is 15.7 Å². The van der Waals surface area contributed by atoms with Crippen molar-refractivity contribution < 1.29 is 23.9 Å². The van der Waals surface area contributed by atoms with Gasteiger partial charge in [0.05, 0.1) is 11.6 Å². The standard InChI is InChI=1S/C21H20FN3O4/c1-13(26)24-18(10-14-6-8-17(22)9-7-14)20(27)25-19(21(28)29)11-15-4-2-3-5-16(15)12-23/h2-9,18-19H,10-11H2,1H3,(H,24,26)(H,25,27)(H,28,29)/t18-,19+/m1/s1. The molecule has 0 saturated heterocycles. The summed E-state index contributed by atoms with van der Waals surface area (Å²) in [6, 6.07) is 11.6. The molecule has 2 aromatic carbocycles. The maximum absolute atomic E-state index is 13.1. The van der Waals surface area contributed by atoms with Crippen molar-refractivity contribution in [2.45, 2.75) is 31.8 Å². The Labute approximate surface area is 167 Å². The fourth-order valence-corrected chi connectivity index (χ4v) is 2.81. The number of nitrogens with zero attached hydrogens (tertiary/aromatic N) is 1. The van der Waals surface area contributed by atoms with Gasteiger partial charge in [0, 0.05) is 19.8 Å². The number of carboxylic acids is 1. The highest BCUT2D eigenvalue weighted by Gasteiger charge is 2.27. The molecule has 2 rings (SSSR count). The quantitative estimate of drug-likeness (QED) is 0.624. The van der Waals surface area contributed by atoms with Gasteiger partial charge in [-0.25, -0.2) is 9.18 Å². The van der Waals surface area contributed by atoms with E-state index in [0.717, 1.165) is 0 Å². The Bertz CT molecular complexity index is 938. The normalized spacial score (nSPS) is 12.3. The lowest BCUT2D eigenvalue weighted by atomic mass is 10.00. The molecule has 0 fully saturated rings. The van der Waals surface area contributed by atoms with E-state index in [0.29, 0.717) is 16.7 Å². The molecule has 0 aromatic heterocycles. The summed E-state index contributed by atoms with van der Waals surface area (Å²) >= 11 is 0. The smallest absolute Gasteiger partial charge is 0.326 e. The third-order valence-electron chi connectivity index (χ3n) is 4.22. The van der Waals surface area contributed by atoms with Crippen molar-refractivity contribution in [1.82, 2.24) is 10.6 Å². The number of aliphatic carboxylic acids is 1. The maximum atomic E-state index is 13.1. The van der Waals surface area contributed by atoms with Gasteiger partial charge in [-0.3, -0.25) is 9.59 Å². The van der Waals surface area contributed by atoms with E-state index in [1.165, 1.54) is 31.2 Å². The van der Waals surface area contributed by atoms with Crippen LogP contribution in [-0.4, -0.2) is 35.0 Å². The van der Waals surface area contributed by atoms with Crippen LogP contribution in [-0.2, 0) is 27.2 Å². The molecule has 2 atom stereocenters. The van der Waals surface area contributed by atoms with E-state index in [-0.39, 0.29) is 12.8 Å². The molecule has 0 spiro atoms. The van der Waals surface area contributed by atoms with Crippen LogP contribution in [0, 0.1) is 17.1 Å². The largest absolute Gasteiger partial charge is 0.480 e. The molecule has 0 aliphatic heterocycles. The number of nitriles is 1. The Hall–Kier alpha value is -3.73. The molecule has 0 aliphatic rings. The zero-order valence-corrected chi connectivity index (χ0v) is 15.7. The van der Waals surface area contributed by atoms with Crippen LogP contribution in [0.4, 0.5) is 4.39 Å². The van der Waals surface area contributed by atoms with Crippen LogP contribution in [0.1, 0.15) is 23.6 Å². The number of hydrogen-bond acceptors (Lipinski definition) is 4. The second-order valence-electron chi connectivity index (χ2n) is 6.46. The Balaban J connectivity index is 2.17. The number of carbonyl (C=O) groups excluding carboxylic acids is 2. The van der Waals surface area contributed by atoms with E-state index in [9.17, 15) is 23.9 Å². The first-order chi connectivity index (χ1) is 13.8. The highest BCUT2D eigenvalue weighted by atomic mass is 19.1. The minimum absolute atomic E-state index is 0.0623. The molecule has 0 bridgehead atoms. The van der Waals surface area contributed by atoms with Crippen molar-refractivity contribution >= 4 is 17.8 Å². The topological polar surface area (TPSA) is 119 Å². The van der Waals surface area contributed by atoms with Crippen molar-refractivity contribution in [3.8, 4) is 6.07 Å². The van der Waals surface area contributed by atoms with E-state index in [2.05, 4.69) is 10.6 Å². The molecular weight excluding hydrogens is 377 g/mol. The average Bonchev–Trinajstić information content (AvgIpc) is 2.68. The van der Waals surface area contributed by atoms with Crippen molar-refractivity contribution in [1.29, 1.82) is 5.26 Å². The van der Waals surface area contributed by atoms with Crippen LogP contribution in [0.2, 0.25) is 0 Å². The van der Waals surface area contributed by atoms with Crippen LogP contribution in [0.15, 0.2) is 48.5 Å². The highest BCUT2D eigenvalue weighted by Crippen LogP contribution is 2.11. The van der Waals surface area contributed by atoms with Gasteiger partial charge >= 0.3 is 5.97 Å².